The molecule has 0 saturated carbocycles. The van der Waals surface area contributed by atoms with Gasteiger partial charge in [0.05, 0.1) is 5.01 Å². The molecule has 0 bridgehead atoms. The molecule has 0 spiro atoms. The number of nitrogens with one attached hydrogen (secondary N) is 1. The molecule has 1 aliphatic rings. The highest BCUT2D eigenvalue weighted by Gasteiger charge is 2.36. The Labute approximate surface area is 178 Å². The minimum absolute atomic E-state index is 0.0913. The van der Waals surface area contributed by atoms with Crippen LogP contribution in [0.5, 0.6) is 0 Å². The second kappa shape index (κ2) is 8.46. The van der Waals surface area contributed by atoms with Gasteiger partial charge < -0.3 is 9.64 Å². The zero-order valence-electron chi connectivity index (χ0n) is 16.4. The third-order valence-electron chi connectivity index (χ3n) is 4.14. The van der Waals surface area contributed by atoms with Crippen molar-refractivity contribution in [2.75, 3.05) is 18.4 Å². The number of piperidine rings is 1. The molecule has 1 N–H and O–H groups in total. The highest BCUT2D eigenvalue weighted by Crippen LogP contribution is 2.34. The number of anilines is 1. The maximum absolute atomic E-state index is 12.6. The average molecular weight is 464 g/mol. The Morgan fingerprint density at radius 2 is 1.87 bits per heavy atom. The van der Waals surface area contributed by atoms with E-state index in [0.717, 1.165) is 5.01 Å². The van der Waals surface area contributed by atoms with Crippen molar-refractivity contribution in [3.63, 3.8) is 0 Å². The highest BCUT2D eigenvalue weighted by molar-refractivity contribution is 7.15. The summed E-state index contributed by atoms with van der Waals surface area (Å²) in [5.41, 5.74) is -0.451. The number of halogens is 3. The van der Waals surface area contributed by atoms with Gasteiger partial charge in [-0.05, 0) is 33.6 Å². The van der Waals surface area contributed by atoms with Crippen molar-refractivity contribution < 1.29 is 27.5 Å². The van der Waals surface area contributed by atoms with Crippen LogP contribution < -0.4 is 5.32 Å². The van der Waals surface area contributed by atoms with Crippen molar-refractivity contribution in [3.8, 4) is 0 Å². The number of aromatic nitrogens is 3. The number of nitrogens with zero attached hydrogens (tertiary/aromatic N) is 4. The van der Waals surface area contributed by atoms with Crippen LogP contribution in [0.3, 0.4) is 0 Å². The predicted octanol–water partition coefficient (Wildman–Crippen LogP) is 4.38. The van der Waals surface area contributed by atoms with Crippen LogP contribution in [0.2, 0.25) is 0 Å². The molecule has 2 amide bonds. The summed E-state index contributed by atoms with van der Waals surface area (Å²) >= 11 is 1.56. The summed E-state index contributed by atoms with van der Waals surface area (Å²) in [4.78, 5) is 30.4. The van der Waals surface area contributed by atoms with Crippen molar-refractivity contribution in [1.82, 2.24) is 20.1 Å². The molecule has 1 saturated heterocycles. The number of amides is 2. The van der Waals surface area contributed by atoms with Gasteiger partial charge in [0.1, 0.15) is 11.3 Å². The van der Waals surface area contributed by atoms with Crippen LogP contribution in [0.25, 0.3) is 0 Å². The van der Waals surface area contributed by atoms with Crippen LogP contribution in [0.1, 0.15) is 60.0 Å². The van der Waals surface area contributed by atoms with Gasteiger partial charge in [-0.25, -0.2) is 9.78 Å². The number of likely N-dealkylation sites (tertiary alicyclic amines) is 1. The molecule has 1 fully saturated rings. The van der Waals surface area contributed by atoms with Crippen molar-refractivity contribution in [2.24, 2.45) is 0 Å². The lowest BCUT2D eigenvalue weighted by Crippen LogP contribution is -2.41. The maximum atomic E-state index is 12.6. The normalized spacial score (nSPS) is 15.9. The summed E-state index contributed by atoms with van der Waals surface area (Å²) in [6, 6.07) is 0. The molecule has 0 unspecified atom stereocenters. The summed E-state index contributed by atoms with van der Waals surface area (Å²) in [5.74, 6) is -0.554. The number of hydrogen-bond donors (Lipinski definition) is 1. The van der Waals surface area contributed by atoms with E-state index in [2.05, 4.69) is 20.5 Å². The van der Waals surface area contributed by atoms with Gasteiger partial charge in [-0.15, -0.1) is 21.5 Å². The molecular weight excluding hydrogens is 443 g/mol. The lowest BCUT2D eigenvalue weighted by Gasteiger charge is -2.32. The van der Waals surface area contributed by atoms with E-state index in [-0.39, 0.29) is 34.2 Å². The fourth-order valence-electron chi connectivity index (χ4n) is 2.76. The van der Waals surface area contributed by atoms with Crippen molar-refractivity contribution in [1.29, 1.82) is 0 Å². The molecule has 1 aliphatic heterocycles. The van der Waals surface area contributed by atoms with Crippen LogP contribution in [-0.4, -0.2) is 50.8 Å². The van der Waals surface area contributed by atoms with Gasteiger partial charge in [-0.1, -0.05) is 11.3 Å². The van der Waals surface area contributed by atoms with Gasteiger partial charge in [-0.2, -0.15) is 13.2 Å². The molecule has 0 aliphatic carbocycles. The second-order valence-corrected chi connectivity index (χ2v) is 9.54. The van der Waals surface area contributed by atoms with Gasteiger partial charge in [-0.3, -0.25) is 10.1 Å². The number of ether oxygens (including phenoxy) is 1. The largest absolute Gasteiger partial charge is 0.445 e. The Hall–Kier alpha value is -2.28. The number of rotatable bonds is 3. The van der Waals surface area contributed by atoms with Gasteiger partial charge in [0.2, 0.25) is 10.1 Å². The predicted molar refractivity (Wildman–Crippen MR) is 105 cm³/mol. The van der Waals surface area contributed by atoms with Crippen molar-refractivity contribution in [3.05, 3.63) is 21.1 Å². The van der Waals surface area contributed by atoms with E-state index in [1.165, 1.54) is 11.3 Å². The molecule has 0 aromatic carbocycles. The molecule has 0 radical (unpaired) electrons. The summed E-state index contributed by atoms with van der Waals surface area (Å²) in [7, 11) is 0. The average Bonchev–Trinajstić information content (AvgIpc) is 3.29. The van der Waals surface area contributed by atoms with Crippen LogP contribution in [-0.2, 0) is 10.9 Å². The Balaban J connectivity index is 1.56. The molecule has 8 nitrogen and oxygen atoms in total. The zero-order valence-corrected chi connectivity index (χ0v) is 18.1. The molecular formula is C17H20F3N5O3S2. The molecule has 13 heteroatoms. The summed E-state index contributed by atoms with van der Waals surface area (Å²) in [5, 5.41) is 9.58. The summed E-state index contributed by atoms with van der Waals surface area (Å²) in [6.07, 6.45) is -3.60. The highest BCUT2D eigenvalue weighted by atomic mass is 32.1. The fraction of sp³-hybridized carbons (Fsp3) is 0.588. The molecule has 30 heavy (non-hydrogen) atoms. The summed E-state index contributed by atoms with van der Waals surface area (Å²) in [6.45, 7) is 6.47. The third-order valence-corrected chi connectivity index (χ3v) is 6.03. The van der Waals surface area contributed by atoms with Gasteiger partial charge in [0, 0.05) is 24.4 Å². The Morgan fingerprint density at radius 1 is 1.20 bits per heavy atom. The molecule has 0 atom stereocenters. The number of carbonyl (C=O) groups excluding carboxylic acids is 2. The number of alkyl halides is 3. The molecule has 2 aromatic heterocycles. The van der Waals surface area contributed by atoms with Crippen molar-refractivity contribution >= 4 is 39.8 Å². The van der Waals surface area contributed by atoms with Crippen molar-refractivity contribution in [2.45, 2.75) is 51.3 Å². The molecule has 3 rings (SSSR count). The van der Waals surface area contributed by atoms with E-state index < -0.39 is 22.7 Å². The Bertz CT molecular complexity index is 914. The van der Waals surface area contributed by atoms with Crippen LogP contribution in [0.4, 0.5) is 23.1 Å². The first-order chi connectivity index (χ1) is 13.9. The maximum Gasteiger partial charge on any atom is 0.445 e. The zero-order chi connectivity index (χ0) is 22.1. The Kier molecular flexibility index (Phi) is 6.32. The third kappa shape index (κ3) is 5.65. The first-order valence-electron chi connectivity index (χ1n) is 9.08. The SMILES string of the molecule is CC(C)(C)OC(=O)N1CCC(c2nc(C(=O)Nc3nnc(C(F)(F)F)s3)cs2)CC1. The monoisotopic (exact) mass is 463 g/mol. The minimum Gasteiger partial charge on any atom is -0.444 e. The van der Waals surface area contributed by atoms with Gasteiger partial charge in [0.15, 0.2) is 0 Å². The van der Waals surface area contributed by atoms with Gasteiger partial charge >= 0.3 is 12.3 Å². The van der Waals surface area contributed by atoms with E-state index in [4.69, 9.17) is 4.74 Å². The molecule has 164 valence electrons. The van der Waals surface area contributed by atoms with E-state index in [9.17, 15) is 22.8 Å². The quantitative estimate of drug-likeness (QED) is 0.726. The van der Waals surface area contributed by atoms with E-state index in [1.807, 2.05) is 20.8 Å². The number of carbonyl (C=O) groups is 2. The topological polar surface area (TPSA) is 97.3 Å². The lowest BCUT2D eigenvalue weighted by atomic mass is 9.98. The van der Waals surface area contributed by atoms with Gasteiger partial charge in [0.25, 0.3) is 5.91 Å². The van der Waals surface area contributed by atoms with Crippen LogP contribution >= 0.6 is 22.7 Å². The second-order valence-electron chi connectivity index (χ2n) is 7.68. The van der Waals surface area contributed by atoms with E-state index in [1.54, 1.807) is 10.3 Å². The number of thiazole rings is 1. The first kappa shape index (κ1) is 22.4. The summed E-state index contributed by atoms with van der Waals surface area (Å²) < 4.78 is 43.1. The van der Waals surface area contributed by atoms with E-state index >= 15 is 0 Å². The molecule has 3 heterocycles. The lowest BCUT2D eigenvalue weighted by molar-refractivity contribution is -0.138. The van der Waals surface area contributed by atoms with E-state index in [0.29, 0.717) is 25.9 Å². The smallest absolute Gasteiger partial charge is 0.444 e. The van der Waals surface area contributed by atoms with Crippen LogP contribution in [0.15, 0.2) is 5.38 Å². The standard InChI is InChI=1S/C17H20F3N5O3S2/c1-16(2,3)28-15(27)25-6-4-9(5-7-25)12-21-10(8-29-12)11(26)22-14-24-23-13(30-14)17(18,19)20/h8-9H,4-7H2,1-3H3,(H,22,24,26). The minimum atomic E-state index is -4.61. The molecule has 2 aromatic rings. The first-order valence-corrected chi connectivity index (χ1v) is 10.8. The Morgan fingerprint density at radius 3 is 2.43 bits per heavy atom. The fourth-order valence-corrected chi connectivity index (χ4v) is 4.34. The number of hydrogen-bond acceptors (Lipinski definition) is 8. The van der Waals surface area contributed by atoms with Crippen LogP contribution in [0, 0.1) is 0 Å².